The fourth-order valence-corrected chi connectivity index (χ4v) is 2.96. The van der Waals surface area contributed by atoms with E-state index in [9.17, 15) is 13.2 Å². The zero-order valence-electron chi connectivity index (χ0n) is 16.5. The number of rotatable bonds is 9. The molecule has 1 aromatic carbocycles. The average Bonchev–Trinajstić information content (AvgIpc) is 2.57. The summed E-state index contributed by atoms with van der Waals surface area (Å²) >= 11 is 0. The average molecular weight is 510 g/mol. The lowest BCUT2D eigenvalue weighted by atomic mass is 10.1. The summed E-state index contributed by atoms with van der Waals surface area (Å²) in [6.45, 7) is 3.82. The number of amides is 1. The van der Waals surface area contributed by atoms with Gasteiger partial charge >= 0.3 is 0 Å². The lowest BCUT2D eigenvalue weighted by molar-refractivity contribution is 0.0827. The van der Waals surface area contributed by atoms with E-state index in [-0.39, 0.29) is 35.6 Å². The molecule has 0 spiro atoms. The van der Waals surface area contributed by atoms with Gasteiger partial charge in [-0.05, 0) is 37.5 Å². The van der Waals surface area contributed by atoms with Crippen LogP contribution in [0.5, 0.6) is 0 Å². The van der Waals surface area contributed by atoms with E-state index in [1.165, 1.54) is 6.26 Å². The summed E-state index contributed by atoms with van der Waals surface area (Å²) in [5, 5.41) is 6.37. The van der Waals surface area contributed by atoms with Gasteiger partial charge in [0.25, 0.3) is 5.91 Å². The van der Waals surface area contributed by atoms with Crippen molar-refractivity contribution in [2.24, 2.45) is 4.99 Å². The van der Waals surface area contributed by atoms with Crippen molar-refractivity contribution in [3.05, 3.63) is 35.4 Å². The van der Waals surface area contributed by atoms with Crippen molar-refractivity contribution >= 4 is 45.7 Å². The van der Waals surface area contributed by atoms with E-state index in [2.05, 4.69) is 15.6 Å². The van der Waals surface area contributed by atoms with Crippen molar-refractivity contribution in [1.82, 2.24) is 15.5 Å². The van der Waals surface area contributed by atoms with Crippen LogP contribution in [0.1, 0.15) is 29.3 Å². The van der Waals surface area contributed by atoms with Crippen LogP contribution in [-0.2, 0) is 16.3 Å². The molecule has 0 saturated carbocycles. The molecule has 9 heteroatoms. The molecule has 0 aliphatic rings. The second kappa shape index (κ2) is 12.9. The lowest BCUT2D eigenvalue weighted by Crippen LogP contribution is -2.38. The Labute approximate surface area is 179 Å². The van der Waals surface area contributed by atoms with Gasteiger partial charge in [-0.25, -0.2) is 8.42 Å². The van der Waals surface area contributed by atoms with Crippen LogP contribution in [-0.4, -0.2) is 70.9 Å². The number of sulfone groups is 1. The topological polar surface area (TPSA) is 90.9 Å². The van der Waals surface area contributed by atoms with Crippen molar-refractivity contribution in [3.63, 3.8) is 0 Å². The number of aliphatic imine (C=N–C) groups is 1. The van der Waals surface area contributed by atoms with E-state index < -0.39 is 9.84 Å². The monoisotopic (exact) mass is 510 g/mol. The maximum atomic E-state index is 12.0. The smallest absolute Gasteiger partial charge is 0.253 e. The van der Waals surface area contributed by atoms with Crippen LogP contribution in [0.2, 0.25) is 0 Å². The Hall–Kier alpha value is -1.36. The lowest BCUT2D eigenvalue weighted by Gasteiger charge is -2.13. The number of benzene rings is 1. The Kier molecular flexibility index (Phi) is 12.3. The third-order valence-corrected chi connectivity index (χ3v) is 4.60. The number of nitrogens with zero attached hydrogens (tertiary/aromatic N) is 2. The number of halogens is 1. The molecule has 0 heterocycles. The summed E-state index contributed by atoms with van der Waals surface area (Å²) in [5.74, 6) is 0.796. The summed E-state index contributed by atoms with van der Waals surface area (Å²) < 4.78 is 22.3. The van der Waals surface area contributed by atoms with Crippen LogP contribution in [0.4, 0.5) is 0 Å². The standard InChI is InChI=1S/C18H30N4O3S.HI/c1-5-19-18(20-11-7-13-26(4,24)25)21-12-10-15-8-6-9-16(14-15)17(23)22(2)3;/h6,8-9,14H,5,7,10-13H2,1-4H3,(H2,19,20,21);1H. The molecule has 154 valence electrons. The number of hydrogen-bond donors (Lipinski definition) is 2. The highest BCUT2D eigenvalue weighted by Crippen LogP contribution is 2.07. The predicted octanol–water partition coefficient (Wildman–Crippen LogP) is 1.54. The van der Waals surface area contributed by atoms with E-state index >= 15 is 0 Å². The molecule has 0 bridgehead atoms. The Morgan fingerprint density at radius 3 is 2.52 bits per heavy atom. The third kappa shape index (κ3) is 11.2. The first kappa shape index (κ1) is 25.6. The van der Waals surface area contributed by atoms with Crippen LogP contribution in [0.25, 0.3) is 0 Å². The summed E-state index contributed by atoms with van der Waals surface area (Å²) in [6.07, 6.45) is 2.49. The Balaban J connectivity index is 0.00000676. The van der Waals surface area contributed by atoms with Crippen molar-refractivity contribution in [2.75, 3.05) is 45.7 Å². The third-order valence-electron chi connectivity index (χ3n) is 3.57. The Morgan fingerprint density at radius 2 is 1.93 bits per heavy atom. The van der Waals surface area contributed by atoms with E-state index in [1.54, 1.807) is 19.0 Å². The minimum atomic E-state index is -2.95. The summed E-state index contributed by atoms with van der Waals surface area (Å²) in [4.78, 5) is 18.0. The van der Waals surface area contributed by atoms with Crippen LogP contribution >= 0.6 is 24.0 Å². The molecule has 1 rings (SSSR count). The molecule has 1 aromatic rings. The minimum Gasteiger partial charge on any atom is -0.357 e. The van der Waals surface area contributed by atoms with Gasteiger partial charge in [0.15, 0.2) is 5.96 Å². The van der Waals surface area contributed by atoms with Gasteiger partial charge < -0.3 is 15.5 Å². The first-order valence-corrected chi connectivity index (χ1v) is 10.8. The first-order chi connectivity index (χ1) is 12.2. The van der Waals surface area contributed by atoms with E-state index in [4.69, 9.17) is 0 Å². The first-order valence-electron chi connectivity index (χ1n) is 8.73. The molecule has 0 saturated heterocycles. The number of nitrogens with one attached hydrogen (secondary N) is 2. The van der Waals surface area contributed by atoms with Crippen LogP contribution < -0.4 is 10.6 Å². The Bertz CT molecular complexity index is 721. The molecular formula is C18H31IN4O3S. The van der Waals surface area contributed by atoms with Gasteiger partial charge in [0.05, 0.1) is 5.75 Å². The van der Waals surface area contributed by atoms with Crippen molar-refractivity contribution < 1.29 is 13.2 Å². The molecule has 27 heavy (non-hydrogen) atoms. The number of guanidine groups is 1. The van der Waals surface area contributed by atoms with Gasteiger partial charge in [-0.1, -0.05) is 12.1 Å². The minimum absolute atomic E-state index is 0. The predicted molar refractivity (Wildman–Crippen MR) is 122 cm³/mol. The highest BCUT2D eigenvalue weighted by atomic mass is 127. The van der Waals surface area contributed by atoms with E-state index in [0.717, 1.165) is 18.5 Å². The summed E-state index contributed by atoms with van der Waals surface area (Å²) in [7, 11) is 0.526. The molecule has 0 fully saturated rings. The second-order valence-electron chi connectivity index (χ2n) is 6.32. The van der Waals surface area contributed by atoms with Gasteiger partial charge in [0.2, 0.25) is 0 Å². The highest BCUT2D eigenvalue weighted by molar-refractivity contribution is 14.0. The molecule has 0 aliphatic heterocycles. The number of carbonyl (C=O) groups excluding carboxylic acids is 1. The molecule has 2 N–H and O–H groups in total. The van der Waals surface area contributed by atoms with Crippen LogP contribution in [0.3, 0.4) is 0 Å². The van der Waals surface area contributed by atoms with Gasteiger partial charge in [-0.15, -0.1) is 24.0 Å². The number of hydrogen-bond acceptors (Lipinski definition) is 4. The number of carbonyl (C=O) groups is 1. The van der Waals surface area contributed by atoms with Crippen molar-refractivity contribution in [3.8, 4) is 0 Å². The largest absolute Gasteiger partial charge is 0.357 e. The molecule has 0 unspecified atom stereocenters. The summed E-state index contributed by atoms with van der Waals surface area (Å²) in [6, 6.07) is 7.59. The maximum absolute atomic E-state index is 12.0. The molecule has 0 atom stereocenters. The summed E-state index contributed by atoms with van der Waals surface area (Å²) in [5.41, 5.74) is 1.74. The highest BCUT2D eigenvalue weighted by Gasteiger charge is 2.08. The normalized spacial score (nSPS) is 11.5. The van der Waals surface area contributed by atoms with E-state index in [0.29, 0.717) is 31.0 Å². The van der Waals surface area contributed by atoms with Gasteiger partial charge in [0, 0.05) is 45.5 Å². The van der Waals surface area contributed by atoms with Gasteiger partial charge in [0.1, 0.15) is 9.84 Å². The quantitative estimate of drug-likeness (QED) is 0.228. The zero-order chi connectivity index (χ0) is 19.6. The SMILES string of the molecule is CCNC(=NCCCS(C)(=O)=O)NCCc1cccc(C(=O)N(C)C)c1.I. The Morgan fingerprint density at radius 1 is 1.22 bits per heavy atom. The zero-order valence-corrected chi connectivity index (χ0v) is 19.6. The van der Waals surface area contributed by atoms with Crippen LogP contribution in [0, 0.1) is 0 Å². The van der Waals surface area contributed by atoms with Crippen LogP contribution in [0.15, 0.2) is 29.3 Å². The molecule has 0 radical (unpaired) electrons. The van der Waals surface area contributed by atoms with E-state index in [1.807, 2.05) is 31.2 Å². The van der Waals surface area contributed by atoms with Gasteiger partial charge in [-0.3, -0.25) is 9.79 Å². The fourth-order valence-electron chi connectivity index (χ4n) is 2.30. The molecule has 1 amide bonds. The fraction of sp³-hybridized carbons (Fsp3) is 0.556. The maximum Gasteiger partial charge on any atom is 0.253 e. The van der Waals surface area contributed by atoms with Crippen molar-refractivity contribution in [1.29, 1.82) is 0 Å². The van der Waals surface area contributed by atoms with Crippen molar-refractivity contribution in [2.45, 2.75) is 19.8 Å². The molecule has 0 aromatic heterocycles. The molecule has 7 nitrogen and oxygen atoms in total. The second-order valence-corrected chi connectivity index (χ2v) is 8.58. The molecular weight excluding hydrogens is 479 g/mol. The molecule has 0 aliphatic carbocycles. The van der Waals surface area contributed by atoms with Gasteiger partial charge in [-0.2, -0.15) is 0 Å².